The fourth-order valence-electron chi connectivity index (χ4n) is 1.09. The Hall–Kier alpha value is -1.32. The molecule has 0 radical (unpaired) electrons. The van der Waals surface area contributed by atoms with E-state index < -0.39 is 11.4 Å². The van der Waals surface area contributed by atoms with Gasteiger partial charge >= 0.3 is 5.97 Å². The lowest BCUT2D eigenvalue weighted by Crippen LogP contribution is -2.26. The van der Waals surface area contributed by atoms with Crippen LogP contribution < -0.4 is 0 Å². The largest absolute Gasteiger partial charge is 0.481 e. The molecule has 0 aliphatic heterocycles. The van der Waals surface area contributed by atoms with E-state index in [0.717, 1.165) is 5.69 Å². The molecule has 0 aromatic carbocycles. The van der Waals surface area contributed by atoms with Crippen LogP contribution in [0.1, 0.15) is 19.5 Å². The third kappa shape index (κ3) is 2.31. The van der Waals surface area contributed by atoms with E-state index in [1.54, 1.807) is 18.5 Å². The minimum absolute atomic E-state index is 0.461. The third-order valence-corrected chi connectivity index (χ3v) is 1.97. The number of aryl methyl sites for hydroxylation is 1. The summed E-state index contributed by atoms with van der Waals surface area (Å²) in [7, 11) is 1.82. The second-order valence-electron chi connectivity index (χ2n) is 3.85. The molecule has 0 spiro atoms. The number of hydrogen-bond donors (Lipinski definition) is 1. The number of aliphatic carboxylic acids is 1. The Morgan fingerprint density at radius 3 is 2.69 bits per heavy atom. The molecule has 1 heterocycles. The predicted molar refractivity (Wildman–Crippen MR) is 48.3 cm³/mol. The highest BCUT2D eigenvalue weighted by atomic mass is 16.4. The van der Waals surface area contributed by atoms with Crippen molar-refractivity contribution in [1.29, 1.82) is 0 Å². The van der Waals surface area contributed by atoms with Crippen molar-refractivity contribution in [2.24, 2.45) is 12.5 Å². The highest BCUT2D eigenvalue weighted by molar-refractivity contribution is 5.73. The maximum absolute atomic E-state index is 10.8. The van der Waals surface area contributed by atoms with E-state index in [-0.39, 0.29) is 0 Å². The van der Waals surface area contributed by atoms with Crippen LogP contribution in [0.15, 0.2) is 12.3 Å². The Morgan fingerprint density at radius 2 is 2.31 bits per heavy atom. The SMILES string of the molecule is Cn1ccc(CC(C)(C)C(=O)O)n1. The maximum Gasteiger partial charge on any atom is 0.309 e. The standard InChI is InChI=1S/C9H14N2O2/c1-9(2,8(12)13)6-7-4-5-11(3)10-7/h4-5H,6H2,1-3H3,(H,12,13). The number of rotatable bonds is 3. The topological polar surface area (TPSA) is 55.1 Å². The Morgan fingerprint density at radius 1 is 1.69 bits per heavy atom. The molecule has 0 unspecified atom stereocenters. The average Bonchev–Trinajstić information content (AvgIpc) is 2.34. The molecule has 0 aliphatic carbocycles. The summed E-state index contributed by atoms with van der Waals surface area (Å²) in [6.45, 7) is 3.40. The van der Waals surface area contributed by atoms with E-state index in [1.165, 1.54) is 0 Å². The molecule has 1 rings (SSSR count). The molecule has 0 fully saturated rings. The first-order chi connectivity index (χ1) is 5.92. The van der Waals surface area contributed by atoms with Gasteiger partial charge in [-0.1, -0.05) is 0 Å². The first-order valence-corrected chi connectivity index (χ1v) is 4.14. The quantitative estimate of drug-likeness (QED) is 0.760. The minimum Gasteiger partial charge on any atom is -0.481 e. The molecule has 13 heavy (non-hydrogen) atoms. The lowest BCUT2D eigenvalue weighted by atomic mass is 9.88. The maximum atomic E-state index is 10.8. The van der Waals surface area contributed by atoms with Crippen molar-refractivity contribution in [3.05, 3.63) is 18.0 Å². The van der Waals surface area contributed by atoms with E-state index in [9.17, 15) is 4.79 Å². The Balaban J connectivity index is 2.74. The summed E-state index contributed by atoms with van der Waals surface area (Å²) >= 11 is 0. The number of hydrogen-bond acceptors (Lipinski definition) is 2. The van der Waals surface area contributed by atoms with Gasteiger partial charge in [-0.2, -0.15) is 5.10 Å². The molecule has 72 valence electrons. The van der Waals surface area contributed by atoms with Crippen LogP contribution in [-0.2, 0) is 18.3 Å². The lowest BCUT2D eigenvalue weighted by Gasteiger charge is -2.16. The molecule has 0 amide bonds. The summed E-state index contributed by atoms with van der Waals surface area (Å²) in [4.78, 5) is 10.8. The van der Waals surface area contributed by atoms with Gasteiger partial charge in [0.2, 0.25) is 0 Å². The molecule has 1 aromatic rings. The Labute approximate surface area is 77.2 Å². The molecule has 0 bridgehead atoms. The van der Waals surface area contributed by atoms with Gasteiger partial charge in [-0.15, -0.1) is 0 Å². The molecule has 4 nitrogen and oxygen atoms in total. The zero-order chi connectivity index (χ0) is 10.1. The van der Waals surface area contributed by atoms with E-state index in [1.807, 2.05) is 19.3 Å². The van der Waals surface area contributed by atoms with E-state index in [4.69, 9.17) is 5.11 Å². The highest BCUT2D eigenvalue weighted by Crippen LogP contribution is 2.20. The van der Waals surface area contributed by atoms with E-state index in [2.05, 4.69) is 5.10 Å². The summed E-state index contributed by atoms with van der Waals surface area (Å²) in [5.41, 5.74) is 0.0730. The molecule has 4 heteroatoms. The van der Waals surface area contributed by atoms with Gasteiger partial charge in [0.05, 0.1) is 11.1 Å². The molecule has 0 saturated heterocycles. The lowest BCUT2D eigenvalue weighted by molar-refractivity contribution is -0.146. The van der Waals surface area contributed by atoms with Crippen LogP contribution in [0, 0.1) is 5.41 Å². The van der Waals surface area contributed by atoms with Gasteiger partial charge < -0.3 is 5.11 Å². The molecule has 1 N–H and O–H groups in total. The van der Waals surface area contributed by atoms with Crippen molar-refractivity contribution in [3.8, 4) is 0 Å². The minimum atomic E-state index is -0.793. The van der Waals surface area contributed by atoms with Gasteiger partial charge in [0.15, 0.2) is 0 Å². The van der Waals surface area contributed by atoms with Gasteiger partial charge in [-0.05, 0) is 19.9 Å². The third-order valence-electron chi connectivity index (χ3n) is 1.97. The van der Waals surface area contributed by atoms with Crippen molar-refractivity contribution in [3.63, 3.8) is 0 Å². The van der Waals surface area contributed by atoms with Gasteiger partial charge in [0.1, 0.15) is 0 Å². The fraction of sp³-hybridized carbons (Fsp3) is 0.556. The Kier molecular flexibility index (Phi) is 2.40. The van der Waals surface area contributed by atoms with Crippen LogP contribution in [0.25, 0.3) is 0 Å². The van der Waals surface area contributed by atoms with Crippen molar-refractivity contribution in [2.45, 2.75) is 20.3 Å². The summed E-state index contributed by atoms with van der Waals surface area (Å²) in [6.07, 6.45) is 2.27. The molecule has 0 aliphatic rings. The smallest absolute Gasteiger partial charge is 0.309 e. The van der Waals surface area contributed by atoms with Gasteiger partial charge in [-0.25, -0.2) is 0 Å². The molecule has 1 aromatic heterocycles. The Bertz CT molecular complexity index is 315. The van der Waals surface area contributed by atoms with E-state index >= 15 is 0 Å². The average molecular weight is 182 g/mol. The second kappa shape index (κ2) is 3.20. The first-order valence-electron chi connectivity index (χ1n) is 4.14. The summed E-state index contributed by atoms with van der Waals surface area (Å²) in [5.74, 6) is -0.793. The highest BCUT2D eigenvalue weighted by Gasteiger charge is 2.28. The number of carbonyl (C=O) groups is 1. The van der Waals surface area contributed by atoms with Gasteiger partial charge in [-0.3, -0.25) is 9.48 Å². The second-order valence-corrected chi connectivity index (χ2v) is 3.85. The summed E-state index contributed by atoms with van der Waals surface area (Å²) in [6, 6.07) is 1.84. The van der Waals surface area contributed by atoms with Gasteiger partial charge in [0, 0.05) is 19.7 Å². The van der Waals surface area contributed by atoms with Crippen LogP contribution in [0.2, 0.25) is 0 Å². The van der Waals surface area contributed by atoms with Crippen LogP contribution in [0.3, 0.4) is 0 Å². The zero-order valence-corrected chi connectivity index (χ0v) is 8.11. The van der Waals surface area contributed by atoms with Crippen molar-refractivity contribution < 1.29 is 9.90 Å². The number of carboxylic acids is 1. The predicted octanol–water partition coefficient (Wildman–Crippen LogP) is 1.07. The molecular formula is C9H14N2O2. The number of nitrogens with zero attached hydrogens (tertiary/aromatic N) is 2. The monoisotopic (exact) mass is 182 g/mol. The normalized spacial score (nSPS) is 11.6. The number of aromatic nitrogens is 2. The van der Waals surface area contributed by atoms with Crippen molar-refractivity contribution in [1.82, 2.24) is 9.78 Å². The first kappa shape index (κ1) is 9.77. The zero-order valence-electron chi connectivity index (χ0n) is 8.11. The van der Waals surface area contributed by atoms with Crippen LogP contribution >= 0.6 is 0 Å². The van der Waals surface area contributed by atoms with E-state index in [0.29, 0.717) is 6.42 Å². The fourth-order valence-corrected chi connectivity index (χ4v) is 1.09. The van der Waals surface area contributed by atoms with Crippen molar-refractivity contribution >= 4 is 5.97 Å². The van der Waals surface area contributed by atoms with Gasteiger partial charge in [0.25, 0.3) is 0 Å². The van der Waals surface area contributed by atoms with Crippen LogP contribution in [-0.4, -0.2) is 20.9 Å². The summed E-state index contributed by atoms with van der Waals surface area (Å²) in [5, 5.41) is 13.0. The summed E-state index contributed by atoms with van der Waals surface area (Å²) < 4.78 is 1.67. The molecular weight excluding hydrogens is 168 g/mol. The van der Waals surface area contributed by atoms with Crippen LogP contribution in [0.4, 0.5) is 0 Å². The van der Waals surface area contributed by atoms with Crippen LogP contribution in [0.5, 0.6) is 0 Å². The number of carboxylic acid groups (broad SMARTS) is 1. The van der Waals surface area contributed by atoms with Crippen molar-refractivity contribution in [2.75, 3.05) is 0 Å². The molecule has 0 saturated carbocycles. The molecule has 0 atom stereocenters.